The number of aromatic amines is 1. The van der Waals surface area contributed by atoms with E-state index in [0.29, 0.717) is 0 Å². The lowest BCUT2D eigenvalue weighted by Crippen LogP contribution is -1.84. The van der Waals surface area contributed by atoms with E-state index in [4.69, 9.17) is 5.73 Å². The maximum atomic E-state index is 5.73. The highest BCUT2D eigenvalue weighted by atomic mass is 79.9. The molecule has 0 atom stereocenters. The second-order valence-corrected chi connectivity index (χ2v) is 3.26. The second kappa shape index (κ2) is 2.27. The van der Waals surface area contributed by atoms with Crippen molar-refractivity contribution in [2.45, 2.75) is 0 Å². The Morgan fingerprint density at radius 2 is 2.09 bits per heavy atom. The van der Waals surface area contributed by atoms with E-state index in [1.807, 2.05) is 24.4 Å². The Morgan fingerprint density at radius 3 is 2.82 bits per heavy atom. The summed E-state index contributed by atoms with van der Waals surface area (Å²) in [5.74, 6) is 0. The number of rotatable bonds is 0. The Balaban J connectivity index is 2.96. The molecule has 0 aliphatic heterocycles. The minimum atomic E-state index is 0.810. The number of hydrogen-bond donors (Lipinski definition) is 2. The summed E-state index contributed by atoms with van der Waals surface area (Å²) in [6, 6.07) is 5.80. The molecule has 0 aliphatic carbocycles. The molecule has 2 nitrogen and oxygen atoms in total. The normalized spacial score (nSPS) is 10.6. The summed E-state index contributed by atoms with van der Waals surface area (Å²) in [6.45, 7) is 0. The molecule has 2 rings (SSSR count). The fraction of sp³-hybridized carbons (Fsp3) is 0. The number of fused-ring (bicyclic) bond motifs is 1. The highest BCUT2D eigenvalue weighted by Crippen LogP contribution is 2.26. The molecule has 0 amide bonds. The lowest BCUT2D eigenvalue weighted by Gasteiger charge is -1.96. The predicted octanol–water partition coefficient (Wildman–Crippen LogP) is 2.51. The maximum Gasteiger partial charge on any atom is 0.0619 e. The number of H-pyrrole nitrogens is 1. The van der Waals surface area contributed by atoms with Crippen molar-refractivity contribution in [1.82, 2.24) is 4.98 Å². The quantitative estimate of drug-likeness (QED) is 0.646. The van der Waals surface area contributed by atoms with Gasteiger partial charge in [0, 0.05) is 21.7 Å². The third-order valence-electron chi connectivity index (χ3n) is 1.71. The zero-order chi connectivity index (χ0) is 7.84. The molecule has 0 aliphatic rings. The summed E-state index contributed by atoms with van der Waals surface area (Å²) in [5, 5.41) is 1.07. The van der Waals surface area contributed by atoms with E-state index in [1.54, 1.807) is 0 Å². The minimum Gasteiger partial charge on any atom is -0.398 e. The molecule has 0 unspecified atom stereocenters. The van der Waals surface area contributed by atoms with Crippen LogP contribution in [0.3, 0.4) is 0 Å². The molecule has 3 N–H and O–H groups in total. The van der Waals surface area contributed by atoms with Gasteiger partial charge in [0.05, 0.1) is 5.52 Å². The first-order valence-electron chi connectivity index (χ1n) is 3.30. The molecule has 2 aromatic rings. The van der Waals surface area contributed by atoms with Crippen molar-refractivity contribution in [3.05, 3.63) is 28.9 Å². The summed E-state index contributed by atoms with van der Waals surface area (Å²) < 4.78 is 1.05. The van der Waals surface area contributed by atoms with Gasteiger partial charge >= 0.3 is 0 Å². The van der Waals surface area contributed by atoms with Crippen molar-refractivity contribution < 1.29 is 0 Å². The molecule has 1 aromatic heterocycles. The van der Waals surface area contributed by atoms with Gasteiger partial charge in [-0.25, -0.2) is 0 Å². The molecule has 0 bridgehead atoms. The molecular weight excluding hydrogens is 204 g/mol. The van der Waals surface area contributed by atoms with Gasteiger partial charge in [0.1, 0.15) is 0 Å². The van der Waals surface area contributed by atoms with Crippen LogP contribution in [-0.4, -0.2) is 4.98 Å². The van der Waals surface area contributed by atoms with E-state index in [1.165, 1.54) is 0 Å². The van der Waals surface area contributed by atoms with E-state index in [9.17, 15) is 0 Å². The molecular formula is C8H7BrN2. The van der Waals surface area contributed by atoms with E-state index >= 15 is 0 Å². The molecule has 1 aromatic carbocycles. The number of nitrogens with two attached hydrogens (primary N) is 1. The number of benzene rings is 1. The van der Waals surface area contributed by atoms with E-state index in [-0.39, 0.29) is 0 Å². The van der Waals surface area contributed by atoms with Gasteiger partial charge in [-0.05, 0) is 34.1 Å². The fourth-order valence-electron chi connectivity index (χ4n) is 1.14. The molecule has 0 spiro atoms. The number of nitrogens with one attached hydrogen (secondary N) is 1. The van der Waals surface area contributed by atoms with Crippen LogP contribution in [0.4, 0.5) is 5.69 Å². The summed E-state index contributed by atoms with van der Waals surface area (Å²) in [4.78, 5) is 3.10. The van der Waals surface area contributed by atoms with Crippen LogP contribution in [0.25, 0.3) is 10.9 Å². The molecule has 0 saturated carbocycles. The standard InChI is InChI=1S/C8H7BrN2/c9-6-1-2-7(10)5-3-4-11-8(5)6/h1-4,11H,10H2. The maximum absolute atomic E-state index is 5.73. The van der Waals surface area contributed by atoms with Crippen molar-refractivity contribution >= 4 is 32.5 Å². The Morgan fingerprint density at radius 1 is 1.27 bits per heavy atom. The Labute approximate surface area is 72.5 Å². The van der Waals surface area contributed by atoms with Gasteiger partial charge in [-0.1, -0.05) is 0 Å². The van der Waals surface area contributed by atoms with Crippen molar-refractivity contribution in [3.8, 4) is 0 Å². The van der Waals surface area contributed by atoms with E-state index in [2.05, 4.69) is 20.9 Å². The van der Waals surface area contributed by atoms with Crippen molar-refractivity contribution in [2.75, 3.05) is 5.73 Å². The smallest absolute Gasteiger partial charge is 0.0619 e. The molecule has 0 radical (unpaired) electrons. The third kappa shape index (κ3) is 0.922. The highest BCUT2D eigenvalue weighted by Gasteiger charge is 2.00. The predicted molar refractivity (Wildman–Crippen MR) is 50.4 cm³/mol. The SMILES string of the molecule is Nc1ccc(Br)c2[nH]ccc12. The average molecular weight is 211 g/mol. The molecule has 0 fully saturated rings. The van der Waals surface area contributed by atoms with Gasteiger partial charge < -0.3 is 10.7 Å². The first-order chi connectivity index (χ1) is 5.29. The zero-order valence-corrected chi connectivity index (χ0v) is 7.35. The molecule has 56 valence electrons. The van der Waals surface area contributed by atoms with Crippen LogP contribution in [0, 0.1) is 0 Å². The number of nitrogen functional groups attached to an aromatic ring is 1. The summed E-state index contributed by atoms with van der Waals surface area (Å²) in [6.07, 6.45) is 1.88. The number of halogens is 1. The van der Waals surface area contributed by atoms with Crippen LogP contribution >= 0.6 is 15.9 Å². The van der Waals surface area contributed by atoms with Crippen molar-refractivity contribution in [2.24, 2.45) is 0 Å². The van der Waals surface area contributed by atoms with E-state index < -0.39 is 0 Å². The molecule has 1 heterocycles. The Hall–Kier alpha value is -0.960. The van der Waals surface area contributed by atoms with Crippen LogP contribution in [0.2, 0.25) is 0 Å². The average Bonchev–Trinajstić information content (AvgIpc) is 2.45. The van der Waals surface area contributed by atoms with E-state index in [0.717, 1.165) is 21.1 Å². The summed E-state index contributed by atoms with van der Waals surface area (Å²) >= 11 is 3.42. The Bertz CT molecular complexity index is 356. The first-order valence-corrected chi connectivity index (χ1v) is 4.09. The summed E-state index contributed by atoms with van der Waals surface area (Å²) in [5.41, 5.74) is 7.60. The van der Waals surface area contributed by atoms with Gasteiger partial charge in [-0.15, -0.1) is 0 Å². The summed E-state index contributed by atoms with van der Waals surface area (Å²) in [7, 11) is 0. The van der Waals surface area contributed by atoms with Gasteiger partial charge in [-0.3, -0.25) is 0 Å². The van der Waals surface area contributed by atoms with Crippen LogP contribution in [0.5, 0.6) is 0 Å². The highest BCUT2D eigenvalue weighted by molar-refractivity contribution is 9.10. The Kier molecular flexibility index (Phi) is 1.39. The first kappa shape index (κ1) is 6.73. The van der Waals surface area contributed by atoms with Crippen LogP contribution in [0.1, 0.15) is 0 Å². The number of anilines is 1. The zero-order valence-electron chi connectivity index (χ0n) is 5.76. The third-order valence-corrected chi connectivity index (χ3v) is 2.37. The van der Waals surface area contributed by atoms with Crippen LogP contribution in [0.15, 0.2) is 28.9 Å². The largest absolute Gasteiger partial charge is 0.398 e. The molecule has 11 heavy (non-hydrogen) atoms. The van der Waals surface area contributed by atoms with Crippen molar-refractivity contribution in [3.63, 3.8) is 0 Å². The number of hydrogen-bond acceptors (Lipinski definition) is 1. The van der Waals surface area contributed by atoms with Crippen molar-refractivity contribution in [1.29, 1.82) is 0 Å². The number of aromatic nitrogens is 1. The fourth-order valence-corrected chi connectivity index (χ4v) is 1.60. The topological polar surface area (TPSA) is 41.8 Å². The van der Waals surface area contributed by atoms with Gasteiger partial charge in [0.2, 0.25) is 0 Å². The molecule has 3 heteroatoms. The lowest BCUT2D eigenvalue weighted by atomic mass is 10.2. The van der Waals surface area contributed by atoms with Gasteiger partial charge in [-0.2, -0.15) is 0 Å². The monoisotopic (exact) mass is 210 g/mol. The van der Waals surface area contributed by atoms with Gasteiger partial charge in [0.15, 0.2) is 0 Å². The van der Waals surface area contributed by atoms with Gasteiger partial charge in [0.25, 0.3) is 0 Å². The minimum absolute atomic E-state index is 0.810. The van der Waals surface area contributed by atoms with Crippen LogP contribution < -0.4 is 5.73 Å². The van der Waals surface area contributed by atoms with Crippen LogP contribution in [-0.2, 0) is 0 Å². The second-order valence-electron chi connectivity index (χ2n) is 2.40. The lowest BCUT2D eigenvalue weighted by molar-refractivity contribution is 1.47. The molecule has 0 saturated heterocycles.